The monoisotopic (exact) mass is 250 g/mol. The van der Waals surface area contributed by atoms with E-state index in [-0.39, 0.29) is 11.9 Å². The second-order valence-corrected chi connectivity index (χ2v) is 4.67. The number of methoxy groups -OCH3 is 1. The molecule has 0 aliphatic rings. The molecule has 4 heteroatoms. The third-order valence-corrected chi connectivity index (χ3v) is 2.93. The number of likely N-dealkylation sites (N-methyl/N-ethyl adjacent to an activating group) is 1. The van der Waals surface area contributed by atoms with Crippen LogP contribution in [-0.2, 0) is 4.74 Å². The zero-order valence-electron chi connectivity index (χ0n) is 11.6. The summed E-state index contributed by atoms with van der Waals surface area (Å²) in [5.41, 5.74) is 8.61. The number of nitrogens with two attached hydrogens (primary N) is 1. The molecule has 100 valence electrons. The Balaban J connectivity index is 2.81. The summed E-state index contributed by atoms with van der Waals surface area (Å²) in [6.45, 7) is 4.83. The van der Waals surface area contributed by atoms with E-state index in [1.54, 1.807) is 19.1 Å². The van der Waals surface area contributed by atoms with E-state index < -0.39 is 0 Å². The van der Waals surface area contributed by atoms with E-state index in [0.29, 0.717) is 13.2 Å². The van der Waals surface area contributed by atoms with Crippen molar-refractivity contribution in [2.24, 2.45) is 5.73 Å². The van der Waals surface area contributed by atoms with Crippen molar-refractivity contribution in [2.45, 2.75) is 19.9 Å². The first-order valence-corrected chi connectivity index (χ1v) is 6.03. The van der Waals surface area contributed by atoms with Crippen LogP contribution < -0.4 is 5.73 Å². The van der Waals surface area contributed by atoms with Gasteiger partial charge in [0.2, 0.25) is 0 Å². The maximum absolute atomic E-state index is 12.4. The van der Waals surface area contributed by atoms with E-state index in [9.17, 15) is 4.79 Å². The molecule has 0 radical (unpaired) electrons. The molecule has 0 spiro atoms. The Kier molecular flexibility index (Phi) is 5.31. The van der Waals surface area contributed by atoms with E-state index in [2.05, 4.69) is 0 Å². The lowest BCUT2D eigenvalue weighted by Gasteiger charge is -2.22. The molecular formula is C14H22N2O2. The highest BCUT2D eigenvalue weighted by Gasteiger charge is 2.18. The summed E-state index contributed by atoms with van der Waals surface area (Å²) in [4.78, 5) is 14.0. The molecule has 2 N–H and O–H groups in total. The van der Waals surface area contributed by atoms with Gasteiger partial charge in [0, 0.05) is 32.3 Å². The Labute approximate surface area is 109 Å². The summed E-state index contributed by atoms with van der Waals surface area (Å²) >= 11 is 0. The Hall–Kier alpha value is -1.39. The number of ether oxygens (including phenoxy) is 1. The number of carbonyl (C=O) groups is 1. The number of carbonyl (C=O) groups excluding carboxylic acids is 1. The zero-order chi connectivity index (χ0) is 13.7. The maximum atomic E-state index is 12.4. The molecule has 1 rings (SSSR count). The molecule has 0 bridgehead atoms. The standard InChI is InChI=1S/C14H22N2O2/c1-10-6-5-7-11(2)13(10)14(17)16(3)8-12(15)9-18-4/h5-7,12H,8-9,15H2,1-4H3. The highest BCUT2D eigenvalue weighted by molar-refractivity contribution is 5.96. The van der Waals surface area contributed by atoms with Crippen LogP contribution in [0.2, 0.25) is 0 Å². The van der Waals surface area contributed by atoms with Gasteiger partial charge in [-0.15, -0.1) is 0 Å². The van der Waals surface area contributed by atoms with Crippen molar-refractivity contribution in [3.63, 3.8) is 0 Å². The molecule has 0 heterocycles. The SMILES string of the molecule is COCC(N)CN(C)C(=O)c1c(C)cccc1C. The predicted octanol–water partition coefficient (Wildman–Crippen LogP) is 1.35. The highest BCUT2D eigenvalue weighted by Crippen LogP contribution is 2.15. The van der Waals surface area contributed by atoms with Gasteiger partial charge in [-0.05, 0) is 25.0 Å². The van der Waals surface area contributed by atoms with Crippen LogP contribution in [0.5, 0.6) is 0 Å². The van der Waals surface area contributed by atoms with E-state index >= 15 is 0 Å². The molecule has 0 saturated carbocycles. The van der Waals surface area contributed by atoms with Gasteiger partial charge >= 0.3 is 0 Å². The lowest BCUT2D eigenvalue weighted by Crippen LogP contribution is -2.41. The van der Waals surface area contributed by atoms with Gasteiger partial charge in [0.25, 0.3) is 5.91 Å². The molecule has 0 fully saturated rings. The van der Waals surface area contributed by atoms with E-state index in [4.69, 9.17) is 10.5 Å². The number of aryl methyl sites for hydroxylation is 2. The van der Waals surface area contributed by atoms with Gasteiger partial charge in [0.1, 0.15) is 0 Å². The Morgan fingerprint density at radius 2 is 1.94 bits per heavy atom. The predicted molar refractivity (Wildman–Crippen MR) is 72.7 cm³/mol. The van der Waals surface area contributed by atoms with E-state index in [1.165, 1.54) is 0 Å². The first-order valence-electron chi connectivity index (χ1n) is 6.03. The first kappa shape index (κ1) is 14.7. The van der Waals surface area contributed by atoms with Gasteiger partial charge < -0.3 is 15.4 Å². The lowest BCUT2D eigenvalue weighted by molar-refractivity contribution is 0.0763. The molecule has 1 atom stereocenters. The van der Waals surface area contributed by atoms with Crippen molar-refractivity contribution >= 4 is 5.91 Å². The summed E-state index contributed by atoms with van der Waals surface area (Å²) in [7, 11) is 3.37. The fourth-order valence-corrected chi connectivity index (χ4v) is 2.04. The summed E-state index contributed by atoms with van der Waals surface area (Å²) < 4.78 is 4.97. The largest absolute Gasteiger partial charge is 0.383 e. The topological polar surface area (TPSA) is 55.6 Å². The highest BCUT2D eigenvalue weighted by atomic mass is 16.5. The van der Waals surface area contributed by atoms with Crippen molar-refractivity contribution in [2.75, 3.05) is 27.3 Å². The van der Waals surface area contributed by atoms with Gasteiger partial charge in [-0.2, -0.15) is 0 Å². The van der Waals surface area contributed by atoms with Crippen LogP contribution in [0, 0.1) is 13.8 Å². The van der Waals surface area contributed by atoms with Crippen LogP contribution in [0.1, 0.15) is 21.5 Å². The van der Waals surface area contributed by atoms with Gasteiger partial charge in [-0.3, -0.25) is 4.79 Å². The molecule has 4 nitrogen and oxygen atoms in total. The van der Waals surface area contributed by atoms with Crippen molar-refractivity contribution in [3.05, 3.63) is 34.9 Å². The molecule has 0 aromatic heterocycles. The number of hydrogen-bond acceptors (Lipinski definition) is 3. The molecule has 0 saturated heterocycles. The van der Waals surface area contributed by atoms with E-state index in [0.717, 1.165) is 16.7 Å². The Morgan fingerprint density at radius 3 is 2.44 bits per heavy atom. The second-order valence-electron chi connectivity index (χ2n) is 4.67. The molecule has 18 heavy (non-hydrogen) atoms. The van der Waals surface area contributed by atoms with Gasteiger partial charge in [-0.25, -0.2) is 0 Å². The average molecular weight is 250 g/mol. The minimum Gasteiger partial charge on any atom is -0.383 e. The minimum atomic E-state index is -0.159. The van der Waals surface area contributed by atoms with E-state index in [1.807, 2.05) is 32.0 Å². The second kappa shape index (κ2) is 6.52. The summed E-state index contributed by atoms with van der Waals surface area (Å²) in [6.07, 6.45) is 0. The summed E-state index contributed by atoms with van der Waals surface area (Å²) in [6, 6.07) is 5.69. The molecule has 0 aliphatic heterocycles. The van der Waals surface area contributed by atoms with Crippen molar-refractivity contribution in [1.82, 2.24) is 4.90 Å². The van der Waals surface area contributed by atoms with Crippen LogP contribution in [0.25, 0.3) is 0 Å². The average Bonchev–Trinajstić information content (AvgIpc) is 2.28. The van der Waals surface area contributed by atoms with Crippen LogP contribution in [0.15, 0.2) is 18.2 Å². The van der Waals surface area contributed by atoms with Gasteiger partial charge in [0.15, 0.2) is 0 Å². The molecule has 1 aromatic rings. The number of rotatable bonds is 5. The number of benzene rings is 1. The number of hydrogen-bond donors (Lipinski definition) is 1. The van der Waals surface area contributed by atoms with Crippen LogP contribution >= 0.6 is 0 Å². The lowest BCUT2D eigenvalue weighted by atomic mass is 10.0. The third kappa shape index (κ3) is 3.55. The summed E-state index contributed by atoms with van der Waals surface area (Å²) in [5.74, 6) is 0.0113. The fraction of sp³-hybridized carbons (Fsp3) is 0.500. The zero-order valence-corrected chi connectivity index (χ0v) is 11.6. The normalized spacial score (nSPS) is 12.3. The third-order valence-electron chi connectivity index (χ3n) is 2.93. The van der Waals surface area contributed by atoms with Crippen molar-refractivity contribution < 1.29 is 9.53 Å². The number of amides is 1. The molecule has 1 amide bonds. The van der Waals surface area contributed by atoms with Gasteiger partial charge in [0.05, 0.1) is 6.61 Å². The Bertz CT molecular complexity index is 398. The molecule has 1 aromatic carbocycles. The quantitative estimate of drug-likeness (QED) is 0.858. The first-order chi connectivity index (χ1) is 8.47. The number of nitrogens with zero attached hydrogens (tertiary/aromatic N) is 1. The molecule has 0 aliphatic carbocycles. The van der Waals surface area contributed by atoms with Crippen LogP contribution in [-0.4, -0.2) is 44.2 Å². The van der Waals surface area contributed by atoms with Crippen molar-refractivity contribution in [1.29, 1.82) is 0 Å². The van der Waals surface area contributed by atoms with Crippen LogP contribution in [0.4, 0.5) is 0 Å². The fourth-order valence-electron chi connectivity index (χ4n) is 2.04. The maximum Gasteiger partial charge on any atom is 0.254 e. The minimum absolute atomic E-state index is 0.0113. The smallest absolute Gasteiger partial charge is 0.254 e. The molecular weight excluding hydrogens is 228 g/mol. The van der Waals surface area contributed by atoms with Gasteiger partial charge in [-0.1, -0.05) is 18.2 Å². The summed E-state index contributed by atoms with van der Waals surface area (Å²) in [5, 5.41) is 0. The Morgan fingerprint density at radius 1 is 1.39 bits per heavy atom. The van der Waals surface area contributed by atoms with Crippen molar-refractivity contribution in [3.8, 4) is 0 Å². The molecule has 1 unspecified atom stereocenters. The van der Waals surface area contributed by atoms with Crippen LogP contribution in [0.3, 0.4) is 0 Å².